The first-order valence-corrected chi connectivity index (χ1v) is 3.19. The van der Waals surface area contributed by atoms with Gasteiger partial charge in [0.1, 0.15) is 0 Å². The first kappa shape index (κ1) is 9.50. The zero-order valence-corrected chi connectivity index (χ0v) is 6.17. The Hall–Kier alpha value is -1.59. The van der Waals surface area contributed by atoms with Crippen molar-refractivity contribution in [3.8, 4) is 0 Å². The summed E-state index contributed by atoms with van der Waals surface area (Å²) in [4.78, 5) is 13.5. The fourth-order valence-corrected chi connectivity index (χ4v) is 0.837. The number of halogens is 3. The second-order valence-electron chi connectivity index (χ2n) is 2.19. The number of aromatic carboxylic acids is 1. The highest BCUT2D eigenvalue weighted by Gasteiger charge is 2.22. The van der Waals surface area contributed by atoms with Crippen LogP contribution in [0.2, 0.25) is 0 Å². The van der Waals surface area contributed by atoms with Gasteiger partial charge in [0.05, 0.1) is 17.3 Å². The standard InChI is InChI=1S/C7H4F3NO2/c8-4-2-11-1-3(7(12)13)5(4)6(9)10/h1-2,6H,(H,12,13). The number of hydrogen-bond acceptors (Lipinski definition) is 2. The van der Waals surface area contributed by atoms with E-state index in [9.17, 15) is 18.0 Å². The van der Waals surface area contributed by atoms with Crippen LogP contribution >= 0.6 is 0 Å². The van der Waals surface area contributed by atoms with Crippen LogP contribution in [-0.4, -0.2) is 16.1 Å². The highest BCUT2D eigenvalue weighted by atomic mass is 19.3. The number of alkyl halides is 2. The smallest absolute Gasteiger partial charge is 0.337 e. The van der Waals surface area contributed by atoms with E-state index >= 15 is 0 Å². The van der Waals surface area contributed by atoms with E-state index in [-0.39, 0.29) is 0 Å². The Labute approximate surface area is 70.8 Å². The molecule has 13 heavy (non-hydrogen) atoms. The summed E-state index contributed by atoms with van der Waals surface area (Å²) in [5.41, 5.74) is -1.93. The highest BCUT2D eigenvalue weighted by Crippen LogP contribution is 2.24. The average molecular weight is 191 g/mol. The molecule has 0 spiro atoms. The van der Waals surface area contributed by atoms with Gasteiger partial charge in [0.2, 0.25) is 0 Å². The predicted molar refractivity (Wildman–Crippen MR) is 36.1 cm³/mol. The first-order chi connectivity index (χ1) is 6.04. The van der Waals surface area contributed by atoms with Crippen LogP contribution in [0.4, 0.5) is 13.2 Å². The third-order valence-corrected chi connectivity index (χ3v) is 1.39. The number of carboxylic acid groups (broad SMARTS) is 1. The molecule has 0 aliphatic heterocycles. The molecule has 0 amide bonds. The zero-order chi connectivity index (χ0) is 10.0. The number of hydrogen-bond donors (Lipinski definition) is 1. The van der Waals surface area contributed by atoms with Crippen molar-refractivity contribution in [2.75, 3.05) is 0 Å². The van der Waals surface area contributed by atoms with Crippen molar-refractivity contribution in [3.05, 3.63) is 29.3 Å². The quantitative estimate of drug-likeness (QED) is 0.776. The lowest BCUT2D eigenvalue weighted by molar-refractivity contribution is 0.0681. The summed E-state index contributed by atoms with van der Waals surface area (Å²) in [7, 11) is 0. The molecule has 0 unspecified atom stereocenters. The van der Waals surface area contributed by atoms with Crippen molar-refractivity contribution >= 4 is 5.97 Å². The minimum Gasteiger partial charge on any atom is -0.478 e. The second kappa shape index (κ2) is 3.42. The summed E-state index contributed by atoms with van der Waals surface area (Å²) in [6.07, 6.45) is -1.92. The number of carbonyl (C=O) groups is 1. The normalized spacial score (nSPS) is 10.5. The fraction of sp³-hybridized carbons (Fsp3) is 0.143. The molecule has 3 nitrogen and oxygen atoms in total. The molecule has 0 bridgehead atoms. The average Bonchev–Trinajstić information content (AvgIpc) is 2.02. The van der Waals surface area contributed by atoms with E-state index in [4.69, 9.17) is 5.11 Å². The van der Waals surface area contributed by atoms with E-state index in [0.717, 1.165) is 0 Å². The van der Waals surface area contributed by atoms with Crippen molar-refractivity contribution < 1.29 is 23.1 Å². The van der Waals surface area contributed by atoms with E-state index in [1.807, 2.05) is 0 Å². The molecule has 0 aliphatic rings. The summed E-state index contributed by atoms with van der Waals surface area (Å²) >= 11 is 0. The van der Waals surface area contributed by atoms with Crippen LogP contribution in [0.15, 0.2) is 12.4 Å². The Morgan fingerprint density at radius 2 is 2.08 bits per heavy atom. The molecule has 0 aromatic carbocycles. The molecule has 6 heteroatoms. The Morgan fingerprint density at radius 1 is 1.46 bits per heavy atom. The van der Waals surface area contributed by atoms with Gasteiger partial charge in [-0.05, 0) is 0 Å². The van der Waals surface area contributed by atoms with Crippen molar-refractivity contribution in [1.29, 1.82) is 0 Å². The molecule has 1 aromatic rings. The lowest BCUT2D eigenvalue weighted by atomic mass is 10.1. The first-order valence-electron chi connectivity index (χ1n) is 3.19. The molecule has 70 valence electrons. The molecule has 1 N–H and O–H groups in total. The lowest BCUT2D eigenvalue weighted by Crippen LogP contribution is -2.06. The van der Waals surface area contributed by atoms with Crippen LogP contribution in [0.5, 0.6) is 0 Å². The third kappa shape index (κ3) is 1.77. The Kier molecular flexibility index (Phi) is 2.50. The molecule has 1 aromatic heterocycles. The van der Waals surface area contributed by atoms with Gasteiger partial charge in [0.25, 0.3) is 6.43 Å². The minimum absolute atomic E-state index is 0.550. The van der Waals surface area contributed by atoms with Crippen molar-refractivity contribution in [3.63, 3.8) is 0 Å². The Morgan fingerprint density at radius 3 is 2.46 bits per heavy atom. The summed E-state index contributed by atoms with van der Waals surface area (Å²) < 4.78 is 36.9. The van der Waals surface area contributed by atoms with Gasteiger partial charge in [0, 0.05) is 6.20 Å². The highest BCUT2D eigenvalue weighted by molar-refractivity contribution is 5.89. The SMILES string of the molecule is O=C(O)c1cncc(F)c1C(F)F. The fourth-order valence-electron chi connectivity index (χ4n) is 0.837. The predicted octanol–water partition coefficient (Wildman–Crippen LogP) is 1.86. The number of carboxylic acids is 1. The van der Waals surface area contributed by atoms with Gasteiger partial charge >= 0.3 is 5.97 Å². The van der Waals surface area contributed by atoms with E-state index in [1.54, 1.807) is 0 Å². The number of pyridine rings is 1. The molecule has 0 saturated carbocycles. The maximum absolute atomic E-state index is 12.7. The maximum Gasteiger partial charge on any atom is 0.337 e. The number of nitrogens with zero attached hydrogens (tertiary/aromatic N) is 1. The molecule has 0 radical (unpaired) electrons. The van der Waals surface area contributed by atoms with Gasteiger partial charge < -0.3 is 5.11 Å². The van der Waals surface area contributed by atoms with Crippen LogP contribution in [0.3, 0.4) is 0 Å². The van der Waals surface area contributed by atoms with Crippen LogP contribution in [0.25, 0.3) is 0 Å². The van der Waals surface area contributed by atoms with Gasteiger partial charge in [-0.3, -0.25) is 4.98 Å². The Balaban J connectivity index is 3.34. The molecule has 0 atom stereocenters. The third-order valence-electron chi connectivity index (χ3n) is 1.39. The van der Waals surface area contributed by atoms with Gasteiger partial charge in [-0.1, -0.05) is 0 Å². The summed E-state index contributed by atoms with van der Waals surface area (Å²) in [6.45, 7) is 0. The number of rotatable bonds is 2. The van der Waals surface area contributed by atoms with Crippen molar-refractivity contribution in [2.45, 2.75) is 6.43 Å². The Bertz CT molecular complexity index is 341. The summed E-state index contributed by atoms with van der Waals surface area (Å²) in [5.74, 6) is -2.93. The minimum atomic E-state index is -3.16. The van der Waals surface area contributed by atoms with Crippen molar-refractivity contribution in [1.82, 2.24) is 4.98 Å². The molecule has 0 saturated heterocycles. The van der Waals surface area contributed by atoms with Crippen LogP contribution in [0, 0.1) is 5.82 Å². The summed E-state index contributed by atoms with van der Waals surface area (Å²) in [6, 6.07) is 0. The molecule has 0 aliphatic carbocycles. The van der Waals surface area contributed by atoms with Crippen LogP contribution < -0.4 is 0 Å². The largest absolute Gasteiger partial charge is 0.478 e. The van der Waals surface area contributed by atoms with Gasteiger partial charge in [-0.2, -0.15) is 0 Å². The van der Waals surface area contributed by atoms with E-state index < -0.39 is 29.3 Å². The van der Waals surface area contributed by atoms with E-state index in [1.165, 1.54) is 0 Å². The van der Waals surface area contributed by atoms with Gasteiger partial charge in [-0.15, -0.1) is 0 Å². The maximum atomic E-state index is 12.7. The van der Waals surface area contributed by atoms with E-state index in [0.29, 0.717) is 12.4 Å². The second-order valence-corrected chi connectivity index (χ2v) is 2.19. The van der Waals surface area contributed by atoms with Crippen molar-refractivity contribution in [2.24, 2.45) is 0 Å². The lowest BCUT2D eigenvalue weighted by Gasteiger charge is -2.04. The monoisotopic (exact) mass is 191 g/mol. The summed E-state index contributed by atoms with van der Waals surface area (Å²) in [5, 5.41) is 8.40. The molecular weight excluding hydrogens is 187 g/mol. The van der Waals surface area contributed by atoms with E-state index in [2.05, 4.69) is 4.98 Å². The molecule has 1 rings (SSSR count). The van der Waals surface area contributed by atoms with Gasteiger partial charge in [-0.25, -0.2) is 18.0 Å². The molecule has 1 heterocycles. The zero-order valence-electron chi connectivity index (χ0n) is 6.17. The topological polar surface area (TPSA) is 50.2 Å². The van der Waals surface area contributed by atoms with Crippen LogP contribution in [0.1, 0.15) is 22.3 Å². The number of aromatic nitrogens is 1. The molecular formula is C7H4F3NO2. The molecule has 0 fully saturated rings. The van der Waals surface area contributed by atoms with Crippen LogP contribution in [-0.2, 0) is 0 Å². The van der Waals surface area contributed by atoms with Gasteiger partial charge in [0.15, 0.2) is 5.82 Å².